The Morgan fingerprint density at radius 1 is 1.50 bits per heavy atom. The molecule has 2 bridgehead atoms. The molecule has 0 aliphatic heterocycles. The highest BCUT2D eigenvalue weighted by Crippen LogP contribution is 2.59. The van der Waals surface area contributed by atoms with E-state index in [1.54, 1.807) is 0 Å². The van der Waals surface area contributed by atoms with Crippen molar-refractivity contribution < 1.29 is 5.21 Å². The van der Waals surface area contributed by atoms with Gasteiger partial charge in [-0.3, -0.25) is 0 Å². The third kappa shape index (κ3) is 0.782. The second-order valence-corrected chi connectivity index (χ2v) is 4.99. The van der Waals surface area contributed by atoms with Gasteiger partial charge in [-0.15, -0.1) is 0 Å². The molecule has 0 aromatic heterocycles. The predicted molar refractivity (Wildman–Crippen MR) is 48.4 cm³/mol. The molecule has 1 N–H and O–H groups in total. The van der Waals surface area contributed by atoms with Gasteiger partial charge in [0.05, 0.1) is 5.71 Å². The average Bonchev–Trinajstić information content (AvgIpc) is 2.02. The molecular weight excluding hydrogens is 150 g/mol. The molecule has 0 amide bonds. The molecule has 2 nitrogen and oxygen atoms in total. The van der Waals surface area contributed by atoms with Crippen molar-refractivity contribution in [2.24, 2.45) is 28.3 Å². The summed E-state index contributed by atoms with van der Waals surface area (Å²) in [5.41, 5.74) is 1.43. The number of fused-ring (bicyclic) bond motifs is 2. The summed E-state index contributed by atoms with van der Waals surface area (Å²) in [6.07, 6.45) is 2.25. The maximum atomic E-state index is 8.82. The van der Waals surface area contributed by atoms with E-state index in [-0.39, 0.29) is 0 Å². The van der Waals surface area contributed by atoms with Gasteiger partial charge in [-0.2, -0.15) is 0 Å². The third-order valence-corrected chi connectivity index (χ3v) is 4.09. The second-order valence-electron chi connectivity index (χ2n) is 4.99. The zero-order chi connectivity index (χ0) is 8.93. The number of rotatable bonds is 0. The SMILES string of the molecule is C[C@@H]1C/C(=N/O)[C@H]2C[C@@H]1C2(C)C. The van der Waals surface area contributed by atoms with Gasteiger partial charge in [-0.25, -0.2) is 0 Å². The van der Waals surface area contributed by atoms with E-state index in [0.717, 1.165) is 18.1 Å². The molecule has 3 fully saturated rings. The second kappa shape index (κ2) is 2.24. The van der Waals surface area contributed by atoms with Gasteiger partial charge >= 0.3 is 0 Å². The van der Waals surface area contributed by atoms with Crippen LogP contribution in [0, 0.1) is 23.2 Å². The topological polar surface area (TPSA) is 32.6 Å². The zero-order valence-electron chi connectivity index (χ0n) is 8.04. The summed E-state index contributed by atoms with van der Waals surface area (Å²) in [5.74, 6) is 2.12. The van der Waals surface area contributed by atoms with Gasteiger partial charge in [-0.1, -0.05) is 25.9 Å². The first-order chi connectivity index (χ1) is 5.57. The highest BCUT2D eigenvalue weighted by molar-refractivity contribution is 5.89. The molecule has 3 aliphatic carbocycles. The average molecular weight is 167 g/mol. The van der Waals surface area contributed by atoms with E-state index in [1.165, 1.54) is 6.42 Å². The molecule has 3 saturated carbocycles. The molecule has 0 aromatic carbocycles. The van der Waals surface area contributed by atoms with Crippen LogP contribution in [0.1, 0.15) is 33.6 Å². The van der Waals surface area contributed by atoms with Crippen LogP contribution in [0.25, 0.3) is 0 Å². The van der Waals surface area contributed by atoms with Crippen molar-refractivity contribution in [1.82, 2.24) is 0 Å². The lowest BCUT2D eigenvalue weighted by atomic mass is 9.45. The maximum Gasteiger partial charge on any atom is 0.0609 e. The first kappa shape index (κ1) is 8.09. The normalized spacial score (nSPS) is 47.2. The molecule has 0 unspecified atom stereocenters. The van der Waals surface area contributed by atoms with E-state index in [0.29, 0.717) is 17.3 Å². The third-order valence-electron chi connectivity index (χ3n) is 4.09. The molecule has 68 valence electrons. The molecule has 0 heterocycles. The Morgan fingerprint density at radius 2 is 2.17 bits per heavy atom. The van der Waals surface area contributed by atoms with Crippen LogP contribution in [0.4, 0.5) is 0 Å². The predicted octanol–water partition coefficient (Wildman–Crippen LogP) is 2.52. The Hall–Kier alpha value is -0.530. The van der Waals surface area contributed by atoms with Gasteiger partial charge in [-0.05, 0) is 30.1 Å². The minimum absolute atomic E-state index is 0.388. The van der Waals surface area contributed by atoms with E-state index < -0.39 is 0 Å². The van der Waals surface area contributed by atoms with Crippen LogP contribution >= 0.6 is 0 Å². The molecule has 3 rings (SSSR count). The van der Waals surface area contributed by atoms with Crippen LogP contribution in [0.15, 0.2) is 5.16 Å². The monoisotopic (exact) mass is 167 g/mol. The largest absolute Gasteiger partial charge is 0.411 e. The Morgan fingerprint density at radius 3 is 2.58 bits per heavy atom. The fraction of sp³-hybridized carbons (Fsp3) is 0.900. The highest BCUT2D eigenvalue weighted by atomic mass is 16.4. The standard InChI is InChI=1S/C10H17NO/c1-6-4-9(11-12)8-5-7(6)10(8,2)3/h6-8,12H,4-5H2,1-3H3/b11-9-/t6-,7+,8-/m1/s1. The zero-order valence-corrected chi connectivity index (χ0v) is 8.04. The van der Waals surface area contributed by atoms with Crippen molar-refractivity contribution >= 4 is 5.71 Å². The van der Waals surface area contributed by atoms with Crippen LogP contribution < -0.4 is 0 Å². The van der Waals surface area contributed by atoms with E-state index >= 15 is 0 Å². The molecule has 3 aliphatic rings. The van der Waals surface area contributed by atoms with Crippen LogP contribution in [0.5, 0.6) is 0 Å². The lowest BCUT2D eigenvalue weighted by molar-refractivity contribution is -0.0360. The van der Waals surface area contributed by atoms with Gasteiger partial charge < -0.3 is 5.21 Å². The van der Waals surface area contributed by atoms with Crippen LogP contribution in [-0.4, -0.2) is 10.9 Å². The van der Waals surface area contributed by atoms with Crippen LogP contribution in [0.3, 0.4) is 0 Å². The summed E-state index contributed by atoms with van der Waals surface area (Å²) in [4.78, 5) is 0. The van der Waals surface area contributed by atoms with Crippen molar-refractivity contribution in [3.05, 3.63) is 0 Å². The summed E-state index contributed by atoms with van der Waals surface area (Å²) in [7, 11) is 0. The molecular formula is C10H17NO. The van der Waals surface area contributed by atoms with E-state index in [9.17, 15) is 0 Å². The van der Waals surface area contributed by atoms with E-state index in [2.05, 4.69) is 25.9 Å². The van der Waals surface area contributed by atoms with Crippen molar-refractivity contribution in [3.63, 3.8) is 0 Å². The van der Waals surface area contributed by atoms with E-state index in [4.69, 9.17) is 5.21 Å². The summed E-state index contributed by atoms with van der Waals surface area (Å²) in [5, 5.41) is 12.3. The van der Waals surface area contributed by atoms with Gasteiger partial charge in [0.2, 0.25) is 0 Å². The number of hydrogen-bond donors (Lipinski definition) is 1. The summed E-state index contributed by atoms with van der Waals surface area (Å²) >= 11 is 0. The Labute approximate surface area is 73.7 Å². The lowest BCUT2D eigenvalue weighted by Crippen LogP contribution is -2.56. The summed E-state index contributed by atoms with van der Waals surface area (Å²) in [6, 6.07) is 0. The first-order valence-corrected chi connectivity index (χ1v) is 4.78. The molecule has 12 heavy (non-hydrogen) atoms. The quantitative estimate of drug-likeness (QED) is 0.436. The number of oxime groups is 1. The lowest BCUT2D eigenvalue weighted by Gasteiger charge is -2.59. The molecule has 0 aromatic rings. The fourth-order valence-corrected chi connectivity index (χ4v) is 3.22. The van der Waals surface area contributed by atoms with Crippen molar-refractivity contribution in [3.8, 4) is 0 Å². The van der Waals surface area contributed by atoms with Crippen LogP contribution in [0.2, 0.25) is 0 Å². The minimum Gasteiger partial charge on any atom is -0.411 e. The van der Waals surface area contributed by atoms with Gasteiger partial charge in [0.1, 0.15) is 0 Å². The highest BCUT2D eigenvalue weighted by Gasteiger charge is 2.56. The van der Waals surface area contributed by atoms with Crippen molar-refractivity contribution in [2.75, 3.05) is 0 Å². The summed E-state index contributed by atoms with van der Waals surface area (Å²) < 4.78 is 0. The maximum absolute atomic E-state index is 8.82. The van der Waals surface area contributed by atoms with Gasteiger partial charge in [0.25, 0.3) is 0 Å². The summed E-state index contributed by atoms with van der Waals surface area (Å²) in [6.45, 7) is 6.87. The fourth-order valence-electron chi connectivity index (χ4n) is 3.22. The molecule has 0 spiro atoms. The van der Waals surface area contributed by atoms with Gasteiger partial charge in [0, 0.05) is 5.92 Å². The molecule has 0 saturated heterocycles. The molecule has 2 heteroatoms. The van der Waals surface area contributed by atoms with Gasteiger partial charge in [0.15, 0.2) is 0 Å². The smallest absolute Gasteiger partial charge is 0.0609 e. The number of hydrogen-bond acceptors (Lipinski definition) is 2. The number of nitrogens with zero attached hydrogens (tertiary/aromatic N) is 1. The Kier molecular flexibility index (Phi) is 1.51. The Bertz CT molecular complexity index is 232. The first-order valence-electron chi connectivity index (χ1n) is 4.78. The van der Waals surface area contributed by atoms with E-state index in [1.807, 2.05) is 0 Å². The van der Waals surface area contributed by atoms with Crippen molar-refractivity contribution in [2.45, 2.75) is 33.6 Å². The molecule has 0 radical (unpaired) electrons. The van der Waals surface area contributed by atoms with Crippen molar-refractivity contribution in [1.29, 1.82) is 0 Å². The van der Waals surface area contributed by atoms with Crippen LogP contribution in [-0.2, 0) is 0 Å². The molecule has 3 atom stereocenters. The minimum atomic E-state index is 0.388. The Balaban J connectivity index is 2.27.